The molecule has 0 saturated carbocycles. The number of methoxy groups -OCH3 is 5. The molecule has 24 nitrogen and oxygen atoms in total. The molecule has 0 spiro atoms. The molecule has 9 rings (SSSR count). The second-order valence-corrected chi connectivity index (χ2v) is 22.7. The molecule has 4 aliphatic rings. The van der Waals surface area contributed by atoms with Crippen LogP contribution in [0.5, 0.6) is 0 Å². The number of hydrogen-bond acceptors (Lipinski definition) is 24. The lowest BCUT2D eigenvalue weighted by Gasteiger charge is -2.51. The summed E-state index contributed by atoms with van der Waals surface area (Å²) >= 11 is 0. The van der Waals surface area contributed by atoms with Crippen LogP contribution in [0.3, 0.4) is 0 Å². The third-order valence-electron chi connectivity index (χ3n) is 16.4. The molecule has 0 aliphatic carbocycles. The maximum absolute atomic E-state index is 15.1. The summed E-state index contributed by atoms with van der Waals surface area (Å²) in [5, 5.41) is 11.5. The summed E-state index contributed by atoms with van der Waals surface area (Å²) in [6.45, 7) is 3.49. The van der Waals surface area contributed by atoms with Crippen LogP contribution in [0.2, 0.25) is 0 Å². The summed E-state index contributed by atoms with van der Waals surface area (Å²) in [6.07, 6.45) is -25.3. The Morgan fingerprint density at radius 3 is 1.26 bits per heavy atom. The van der Waals surface area contributed by atoms with E-state index in [9.17, 15) is 19.5 Å². The van der Waals surface area contributed by atoms with E-state index >= 15 is 4.79 Å². The van der Waals surface area contributed by atoms with Gasteiger partial charge in [0.05, 0.1) is 26.4 Å². The molecule has 20 atom stereocenters. The number of ether oxygens (including phenoxy) is 19. The van der Waals surface area contributed by atoms with E-state index < -0.39 is 153 Å². The molecule has 5 aromatic carbocycles. The van der Waals surface area contributed by atoms with Crippen molar-refractivity contribution in [1.82, 2.24) is 0 Å². The molecule has 4 saturated heterocycles. The summed E-state index contributed by atoms with van der Waals surface area (Å²) in [5.74, 6) is -4.38. The first-order valence-corrected chi connectivity index (χ1v) is 30.8. The Kier molecular flexibility index (Phi) is 26.7. The van der Waals surface area contributed by atoms with Crippen molar-refractivity contribution in [3.8, 4) is 0 Å². The van der Waals surface area contributed by atoms with Crippen LogP contribution in [0.4, 0.5) is 0 Å². The number of hydrogen-bond donors (Lipinski definition) is 1. The molecule has 4 aliphatic heterocycles. The summed E-state index contributed by atoms with van der Waals surface area (Å²) in [6, 6.07) is 46.6. The molecule has 0 radical (unpaired) electrons. The van der Waals surface area contributed by atoms with Crippen molar-refractivity contribution in [2.24, 2.45) is 5.92 Å². The Hall–Kier alpha value is -6.66. The third kappa shape index (κ3) is 18.6. The van der Waals surface area contributed by atoms with Gasteiger partial charge in [0.25, 0.3) is 0 Å². The van der Waals surface area contributed by atoms with E-state index in [1.807, 2.05) is 103 Å². The van der Waals surface area contributed by atoms with Crippen LogP contribution in [0, 0.1) is 5.92 Å². The minimum Gasteiger partial charge on any atom is -0.463 e. The average molecular weight is 1300 g/mol. The van der Waals surface area contributed by atoms with Crippen molar-refractivity contribution in [1.29, 1.82) is 0 Å². The largest absolute Gasteiger partial charge is 0.463 e. The lowest BCUT2D eigenvalue weighted by molar-refractivity contribution is -0.385. The van der Waals surface area contributed by atoms with Gasteiger partial charge >= 0.3 is 23.9 Å². The molecule has 4 fully saturated rings. The van der Waals surface area contributed by atoms with Gasteiger partial charge in [-0.25, -0.2) is 9.59 Å². The minimum atomic E-state index is -1.72. The van der Waals surface area contributed by atoms with Crippen molar-refractivity contribution in [3.63, 3.8) is 0 Å². The average Bonchev–Trinajstić information content (AvgIpc) is 0.811. The molecule has 0 bridgehead atoms. The Morgan fingerprint density at radius 1 is 0.376 bits per heavy atom. The maximum atomic E-state index is 15.1. The van der Waals surface area contributed by atoms with Crippen molar-refractivity contribution < 1.29 is 114 Å². The monoisotopic (exact) mass is 1300 g/mol. The number of carbonyl (C=O) groups is 4. The van der Waals surface area contributed by atoms with E-state index in [2.05, 4.69) is 0 Å². The number of aliphatic hydroxyl groups excluding tert-OH is 1. The lowest BCUT2D eigenvalue weighted by atomic mass is 9.90. The number of rotatable bonds is 30. The zero-order valence-electron chi connectivity index (χ0n) is 53.3. The zero-order valence-corrected chi connectivity index (χ0v) is 53.3. The summed E-state index contributed by atoms with van der Waals surface area (Å²) < 4.78 is 121. The first-order chi connectivity index (χ1) is 45.2. The second-order valence-electron chi connectivity index (χ2n) is 22.7. The van der Waals surface area contributed by atoms with Crippen LogP contribution in [-0.2, 0) is 142 Å². The summed E-state index contributed by atoms with van der Waals surface area (Å²) in [7, 11) is 6.93. The van der Waals surface area contributed by atoms with Crippen LogP contribution < -0.4 is 0 Å². The smallest absolute Gasteiger partial charge is 0.338 e. The first-order valence-electron chi connectivity index (χ1n) is 30.8. The maximum Gasteiger partial charge on any atom is 0.338 e. The molecule has 8 unspecified atom stereocenters. The molecule has 4 heterocycles. The van der Waals surface area contributed by atoms with E-state index in [1.54, 1.807) is 55.5 Å². The fraction of sp³-hybridized carbons (Fsp3) is 0.507. The van der Waals surface area contributed by atoms with Gasteiger partial charge in [-0.05, 0) is 27.8 Å². The molecule has 1 N–H and O–H groups in total. The van der Waals surface area contributed by atoms with Gasteiger partial charge < -0.3 is 95.1 Å². The second kappa shape index (κ2) is 35.2. The van der Waals surface area contributed by atoms with Gasteiger partial charge in [-0.15, -0.1) is 0 Å². The fourth-order valence-corrected chi connectivity index (χ4v) is 11.7. The highest BCUT2D eigenvalue weighted by Crippen LogP contribution is 2.40. The number of benzene rings is 5. The highest BCUT2D eigenvalue weighted by Gasteiger charge is 2.59. The van der Waals surface area contributed by atoms with E-state index in [0.29, 0.717) is 11.1 Å². The third-order valence-corrected chi connectivity index (χ3v) is 16.4. The van der Waals surface area contributed by atoms with E-state index in [4.69, 9.17) is 90.0 Å². The molecule has 0 aromatic heterocycles. The molecular weight excluding hydrogens is 1210 g/mol. The van der Waals surface area contributed by atoms with Gasteiger partial charge in [-0.3, -0.25) is 9.59 Å². The van der Waals surface area contributed by atoms with Crippen molar-refractivity contribution >= 4 is 23.9 Å². The zero-order chi connectivity index (χ0) is 65.8. The Balaban J connectivity index is 1.05. The van der Waals surface area contributed by atoms with E-state index in [1.165, 1.54) is 49.4 Å². The predicted octanol–water partition coefficient (Wildman–Crippen LogP) is 6.11. The van der Waals surface area contributed by atoms with Crippen LogP contribution in [-0.4, -0.2) is 194 Å². The van der Waals surface area contributed by atoms with E-state index in [0.717, 1.165) is 16.7 Å². The van der Waals surface area contributed by atoms with Gasteiger partial charge in [-0.1, -0.05) is 159 Å². The number of carbonyl (C=O) groups excluding carboxylic acids is 4. The Bertz CT molecular complexity index is 3040. The fourth-order valence-electron chi connectivity index (χ4n) is 11.7. The van der Waals surface area contributed by atoms with Crippen LogP contribution in [0.1, 0.15) is 48.6 Å². The highest BCUT2D eigenvalue weighted by atomic mass is 16.8. The first kappa shape index (κ1) is 70.7. The standard InChI is InChI=1S/C69H84O24/c1-41-52(86-43(3)71)53(89-68-61(77-6)55(75-4)51(72)56(91-68)64(73)84-37-47-30-20-12-21-31-47)50(40-81-42(2)70)87-66(41)92-59-57(76-5)62(78-7)69(93-60(59)65(74)85-38-48-32-22-13-23-33-48)90-54-49(39-80-34-44-24-14-9-15-25-44)88-67(79-8)63(83-36-46-28-18-11-19-29-46)58(54)82-35-45-26-16-10-17-27-45/h9-33,41,49-63,66-69,72H,34-40H2,1-8H3/t41?,49?,50-,51-,52?,53-,54+,55+,56?,57?,58-,59+,60-,61?,62?,63?,66-,67-,68-,69+/m1/s1. The van der Waals surface area contributed by atoms with Gasteiger partial charge in [0.15, 0.2) is 37.4 Å². The van der Waals surface area contributed by atoms with E-state index in [-0.39, 0.29) is 39.6 Å². The molecule has 24 heteroatoms. The van der Waals surface area contributed by atoms with Gasteiger partial charge in [0.2, 0.25) is 0 Å². The molecule has 504 valence electrons. The highest BCUT2D eigenvalue weighted by molar-refractivity contribution is 5.76. The quantitative estimate of drug-likeness (QED) is 0.0401. The lowest BCUT2D eigenvalue weighted by Crippen LogP contribution is -2.68. The van der Waals surface area contributed by atoms with Crippen LogP contribution >= 0.6 is 0 Å². The molecule has 93 heavy (non-hydrogen) atoms. The van der Waals surface area contributed by atoms with Gasteiger partial charge in [0, 0.05) is 55.3 Å². The minimum absolute atomic E-state index is 0.0577. The van der Waals surface area contributed by atoms with Crippen molar-refractivity contribution in [2.45, 2.75) is 171 Å². The molecule has 0 amide bonds. The summed E-state index contributed by atoms with van der Waals surface area (Å²) in [5.41, 5.74) is 3.93. The van der Waals surface area contributed by atoms with Crippen molar-refractivity contribution in [3.05, 3.63) is 179 Å². The molecule has 5 aromatic rings. The topological polar surface area (TPSA) is 264 Å². The Morgan fingerprint density at radius 2 is 0.785 bits per heavy atom. The number of aliphatic hydroxyl groups is 1. The van der Waals surface area contributed by atoms with Crippen LogP contribution in [0.15, 0.2) is 152 Å². The SMILES string of the molecule is COC1C(OC)[C@H](O[C@H]2O[C@H](COC(C)=O)[C@@H](O[C@@H]3OC(C(=O)OCc4ccccc4)[C@H](O)[C@H](OC)C3OC)C(OC(C)=O)C2C)[C@H](C(=O)OCc2ccccc2)O[C@@H]1O[C@H]1C(COCc2ccccc2)O[C@@H](OC)C(OCc2ccccc2)[C@@H]1OCc1ccccc1. The Labute approximate surface area is 540 Å². The normalized spacial score (nSPS) is 31.2. The van der Waals surface area contributed by atoms with Gasteiger partial charge in [-0.2, -0.15) is 0 Å². The van der Waals surface area contributed by atoms with Crippen LogP contribution in [0.25, 0.3) is 0 Å². The van der Waals surface area contributed by atoms with Crippen molar-refractivity contribution in [2.75, 3.05) is 48.8 Å². The molecular formula is C69H84O24. The van der Waals surface area contributed by atoms with Gasteiger partial charge in [0.1, 0.15) is 99.2 Å². The summed E-state index contributed by atoms with van der Waals surface area (Å²) in [4.78, 5) is 54.9. The predicted molar refractivity (Wildman–Crippen MR) is 325 cm³/mol. The number of esters is 4.